The number of nitrogens with one attached hydrogen (secondary N) is 1. The Balaban J connectivity index is 2.51. The van der Waals surface area contributed by atoms with Crippen molar-refractivity contribution in [3.63, 3.8) is 0 Å². The Morgan fingerprint density at radius 2 is 1.65 bits per heavy atom. The first-order chi connectivity index (χ1) is 12.0. The number of carbonyl (C=O) groups excluding carboxylic acids is 1. The summed E-state index contributed by atoms with van der Waals surface area (Å²) in [5.41, 5.74) is -5.70. The van der Waals surface area contributed by atoms with Gasteiger partial charge in [0, 0.05) is 6.92 Å². The summed E-state index contributed by atoms with van der Waals surface area (Å²) in [6, 6.07) is -1.85. The van der Waals surface area contributed by atoms with Crippen molar-refractivity contribution in [3.05, 3.63) is 0 Å². The van der Waals surface area contributed by atoms with Gasteiger partial charge < -0.3 is 55.6 Å². The summed E-state index contributed by atoms with van der Waals surface area (Å²) in [6.45, 7) is -1.41. The Kier molecular flexibility index (Phi) is 6.24. The lowest BCUT2D eigenvalue weighted by Crippen LogP contribution is -2.84. The van der Waals surface area contributed by atoms with Crippen LogP contribution in [0, 0.1) is 0 Å². The molecule has 0 radical (unpaired) electrons. The first kappa shape index (κ1) is 21.4. The zero-order valence-electron chi connectivity index (χ0n) is 14.0. The van der Waals surface area contributed by atoms with Gasteiger partial charge in [0.25, 0.3) is 0 Å². The minimum Gasteiger partial charge on any atom is -0.394 e. The van der Waals surface area contributed by atoms with E-state index in [0.717, 1.165) is 6.92 Å². The van der Waals surface area contributed by atoms with Gasteiger partial charge >= 0.3 is 0 Å². The third-order valence-corrected chi connectivity index (χ3v) is 5.00. The quantitative estimate of drug-likeness (QED) is 0.223. The Morgan fingerprint density at radius 3 is 2.15 bits per heavy atom. The van der Waals surface area contributed by atoms with Crippen LogP contribution in [0.3, 0.4) is 0 Å². The standard InChI is InChI=1S/C14H25NO11/c1-5(18)15-9-12(22)26-7(3-17)10(20)14(9,24)13(23)4-25-6(2-16)8(19)11(13)21/h6-12,16-17,19-24H,2-4H2,1H3,(H,15,18)/t6-,7-,8+,9-,10+,11+,12+,13-,14-/m1/s1. The number of aliphatic hydroxyl groups excluding tert-OH is 6. The number of amides is 1. The molecular weight excluding hydrogens is 358 g/mol. The average molecular weight is 383 g/mol. The van der Waals surface area contributed by atoms with Crippen molar-refractivity contribution in [3.8, 4) is 0 Å². The first-order valence-electron chi connectivity index (χ1n) is 7.97. The van der Waals surface area contributed by atoms with Gasteiger partial charge in [-0.15, -0.1) is 0 Å². The Bertz CT molecular complexity index is 521. The van der Waals surface area contributed by atoms with Crippen molar-refractivity contribution in [1.29, 1.82) is 0 Å². The molecule has 0 aliphatic carbocycles. The lowest BCUT2D eigenvalue weighted by molar-refractivity contribution is -0.366. The highest BCUT2D eigenvalue weighted by Gasteiger charge is 2.70. The van der Waals surface area contributed by atoms with Crippen LogP contribution in [-0.4, -0.2) is 121 Å². The van der Waals surface area contributed by atoms with Crippen LogP contribution in [0.15, 0.2) is 0 Å². The molecule has 0 spiro atoms. The van der Waals surface area contributed by atoms with E-state index in [1.165, 1.54) is 0 Å². The second-order valence-corrected chi connectivity index (χ2v) is 6.59. The highest BCUT2D eigenvalue weighted by atomic mass is 16.6. The number of rotatable bonds is 4. The van der Waals surface area contributed by atoms with Crippen molar-refractivity contribution >= 4 is 5.91 Å². The lowest BCUT2D eigenvalue weighted by atomic mass is 9.65. The van der Waals surface area contributed by atoms with Crippen molar-refractivity contribution in [1.82, 2.24) is 5.32 Å². The van der Waals surface area contributed by atoms with E-state index in [-0.39, 0.29) is 0 Å². The van der Waals surface area contributed by atoms with Crippen LogP contribution in [0.5, 0.6) is 0 Å². The van der Waals surface area contributed by atoms with Gasteiger partial charge in [-0.05, 0) is 0 Å². The highest BCUT2D eigenvalue weighted by molar-refractivity contribution is 5.73. The van der Waals surface area contributed by atoms with Gasteiger partial charge in [-0.1, -0.05) is 0 Å². The summed E-state index contributed by atoms with van der Waals surface area (Å²) in [4.78, 5) is 11.5. The maximum Gasteiger partial charge on any atom is 0.217 e. The van der Waals surface area contributed by atoms with E-state index < -0.39 is 79.8 Å². The second-order valence-electron chi connectivity index (χ2n) is 6.59. The van der Waals surface area contributed by atoms with E-state index in [0.29, 0.717) is 0 Å². The molecule has 152 valence electrons. The molecule has 2 heterocycles. The number of ether oxygens (including phenoxy) is 2. The topological polar surface area (TPSA) is 209 Å². The van der Waals surface area contributed by atoms with Crippen molar-refractivity contribution < 1.29 is 55.1 Å². The van der Waals surface area contributed by atoms with Crippen LogP contribution >= 0.6 is 0 Å². The van der Waals surface area contributed by atoms with E-state index in [4.69, 9.17) is 14.6 Å². The lowest BCUT2D eigenvalue weighted by Gasteiger charge is -2.58. The monoisotopic (exact) mass is 383 g/mol. The maximum absolute atomic E-state index is 11.5. The first-order valence-corrected chi connectivity index (χ1v) is 7.97. The van der Waals surface area contributed by atoms with E-state index in [1.54, 1.807) is 0 Å². The van der Waals surface area contributed by atoms with E-state index in [1.807, 2.05) is 0 Å². The smallest absolute Gasteiger partial charge is 0.217 e. The molecule has 2 aliphatic rings. The minimum atomic E-state index is -2.90. The molecular formula is C14H25NO11. The van der Waals surface area contributed by atoms with Crippen molar-refractivity contribution in [2.24, 2.45) is 0 Å². The molecule has 9 atom stereocenters. The summed E-state index contributed by atoms with van der Waals surface area (Å²) in [7, 11) is 0. The largest absolute Gasteiger partial charge is 0.394 e. The fourth-order valence-corrected chi connectivity index (χ4v) is 3.50. The van der Waals surface area contributed by atoms with Gasteiger partial charge in [0.2, 0.25) is 5.91 Å². The van der Waals surface area contributed by atoms with Crippen LogP contribution in [0.4, 0.5) is 0 Å². The molecule has 0 aromatic carbocycles. The molecule has 0 saturated carbocycles. The maximum atomic E-state index is 11.5. The number of hydrogen-bond acceptors (Lipinski definition) is 11. The highest BCUT2D eigenvalue weighted by Crippen LogP contribution is 2.42. The fraction of sp³-hybridized carbons (Fsp3) is 0.929. The molecule has 26 heavy (non-hydrogen) atoms. The summed E-state index contributed by atoms with van der Waals surface area (Å²) in [6.07, 6.45) is -10.9. The van der Waals surface area contributed by atoms with Gasteiger partial charge in [-0.25, -0.2) is 0 Å². The summed E-state index contributed by atoms with van der Waals surface area (Å²) in [5, 5.41) is 83.7. The number of carbonyl (C=O) groups is 1. The van der Waals surface area contributed by atoms with Gasteiger partial charge in [0.1, 0.15) is 42.2 Å². The SMILES string of the molecule is CC(=O)N[C@@H]1[C@@H](O)O[C@H](CO)[C@H](O)[C@@]1(O)[C@@]1(O)CO[C@H](CO)[C@H](O)[C@@H]1O. The third-order valence-electron chi connectivity index (χ3n) is 5.00. The van der Waals surface area contributed by atoms with E-state index in [9.17, 15) is 40.5 Å². The van der Waals surface area contributed by atoms with Crippen LogP contribution < -0.4 is 5.32 Å². The van der Waals surface area contributed by atoms with Crippen LogP contribution in [0.2, 0.25) is 0 Å². The molecule has 12 heteroatoms. The number of hydrogen-bond donors (Lipinski definition) is 9. The van der Waals surface area contributed by atoms with Gasteiger partial charge in [0.05, 0.1) is 19.8 Å². The van der Waals surface area contributed by atoms with Crippen LogP contribution in [0.1, 0.15) is 6.92 Å². The van der Waals surface area contributed by atoms with Gasteiger partial charge in [-0.3, -0.25) is 4.79 Å². The van der Waals surface area contributed by atoms with Crippen molar-refractivity contribution in [2.45, 2.75) is 61.0 Å². The average Bonchev–Trinajstić information content (AvgIpc) is 2.59. The zero-order chi connectivity index (χ0) is 19.9. The molecule has 9 N–H and O–H groups in total. The van der Waals surface area contributed by atoms with Crippen LogP contribution in [0.25, 0.3) is 0 Å². The molecule has 0 unspecified atom stereocenters. The predicted molar refractivity (Wildman–Crippen MR) is 80.3 cm³/mol. The molecule has 0 aromatic heterocycles. The predicted octanol–water partition coefficient (Wildman–Crippen LogP) is -5.86. The van der Waals surface area contributed by atoms with Crippen molar-refractivity contribution in [2.75, 3.05) is 19.8 Å². The minimum absolute atomic E-state index is 0.699. The van der Waals surface area contributed by atoms with Crippen LogP contribution in [-0.2, 0) is 14.3 Å². The number of aliphatic hydroxyl groups is 8. The van der Waals surface area contributed by atoms with Gasteiger partial charge in [0.15, 0.2) is 11.9 Å². The molecule has 0 aromatic rings. The van der Waals surface area contributed by atoms with Gasteiger partial charge in [-0.2, -0.15) is 0 Å². The Labute approximate surface area is 148 Å². The summed E-state index contributed by atoms with van der Waals surface area (Å²) < 4.78 is 10.0. The molecule has 2 fully saturated rings. The van der Waals surface area contributed by atoms with E-state index >= 15 is 0 Å². The molecule has 2 aliphatic heterocycles. The normalized spacial score (nSPS) is 49.7. The second kappa shape index (κ2) is 7.59. The fourth-order valence-electron chi connectivity index (χ4n) is 3.50. The molecule has 0 bridgehead atoms. The zero-order valence-corrected chi connectivity index (χ0v) is 14.0. The Morgan fingerprint density at radius 1 is 1.08 bits per heavy atom. The molecule has 2 saturated heterocycles. The summed E-state index contributed by atoms with van der Waals surface area (Å²) >= 11 is 0. The Hall–Kier alpha value is -0.930. The van der Waals surface area contributed by atoms with E-state index in [2.05, 4.69) is 5.32 Å². The molecule has 2 rings (SSSR count). The molecule has 1 amide bonds. The third kappa shape index (κ3) is 3.11. The summed E-state index contributed by atoms with van der Waals surface area (Å²) in [5.74, 6) is -0.769. The molecule has 12 nitrogen and oxygen atoms in total.